The molecule has 1 unspecified atom stereocenters. The summed E-state index contributed by atoms with van der Waals surface area (Å²) >= 11 is 3.44. The molecule has 1 aromatic rings. The lowest BCUT2D eigenvalue weighted by Crippen LogP contribution is -2.68. The molecule has 1 N–H and O–H groups in total. The number of hydrogen-bond acceptors (Lipinski definition) is 2. The number of benzene rings is 1. The topological polar surface area (TPSA) is 49.4 Å². The summed E-state index contributed by atoms with van der Waals surface area (Å²) in [6.07, 6.45) is 2.06. The zero-order valence-corrected chi connectivity index (χ0v) is 13.8. The first-order chi connectivity index (χ1) is 9.89. The fourth-order valence-electron chi connectivity index (χ4n) is 2.79. The van der Waals surface area contributed by atoms with Crippen molar-refractivity contribution in [1.29, 1.82) is 0 Å². The van der Waals surface area contributed by atoms with Crippen molar-refractivity contribution < 1.29 is 9.59 Å². The molecule has 0 aromatic heterocycles. The third kappa shape index (κ3) is 2.71. The third-order valence-corrected chi connectivity index (χ3v) is 4.87. The van der Waals surface area contributed by atoms with Crippen molar-refractivity contribution in [3.63, 3.8) is 0 Å². The molecule has 4 nitrogen and oxygen atoms in total. The van der Waals surface area contributed by atoms with Crippen LogP contribution in [0.3, 0.4) is 0 Å². The molecule has 1 saturated carbocycles. The van der Waals surface area contributed by atoms with E-state index < -0.39 is 5.54 Å². The van der Waals surface area contributed by atoms with Crippen LogP contribution in [0.25, 0.3) is 0 Å². The lowest BCUT2D eigenvalue weighted by atomic mass is 9.93. The van der Waals surface area contributed by atoms with E-state index in [0.717, 1.165) is 22.9 Å². The minimum atomic E-state index is -0.815. The fourth-order valence-corrected chi connectivity index (χ4v) is 3.23. The quantitative estimate of drug-likeness (QED) is 0.910. The molecular formula is C16H19BrN2O2. The van der Waals surface area contributed by atoms with Crippen molar-refractivity contribution in [2.45, 2.75) is 44.8 Å². The van der Waals surface area contributed by atoms with Gasteiger partial charge in [-0.25, -0.2) is 0 Å². The average Bonchev–Trinajstić information content (AvgIpc) is 3.24. The minimum absolute atomic E-state index is 0.0436. The normalized spacial score (nSPS) is 24.9. The minimum Gasteiger partial charge on any atom is -0.342 e. The van der Waals surface area contributed by atoms with Gasteiger partial charge in [-0.15, -0.1) is 0 Å². The molecule has 3 rings (SSSR count). The summed E-state index contributed by atoms with van der Waals surface area (Å²) in [7, 11) is 0. The van der Waals surface area contributed by atoms with Gasteiger partial charge in [-0.05, 0) is 50.3 Å². The van der Waals surface area contributed by atoms with Crippen LogP contribution in [-0.4, -0.2) is 28.3 Å². The molecule has 0 bridgehead atoms. The van der Waals surface area contributed by atoms with Gasteiger partial charge in [0.2, 0.25) is 11.8 Å². The maximum Gasteiger partial charge on any atom is 0.246 e. The molecular weight excluding hydrogens is 332 g/mol. The van der Waals surface area contributed by atoms with Gasteiger partial charge in [0.05, 0.1) is 0 Å². The van der Waals surface area contributed by atoms with Crippen LogP contribution in [0.15, 0.2) is 28.7 Å². The van der Waals surface area contributed by atoms with Crippen LogP contribution in [-0.2, 0) is 16.1 Å². The van der Waals surface area contributed by atoms with Gasteiger partial charge in [-0.2, -0.15) is 0 Å². The van der Waals surface area contributed by atoms with Crippen molar-refractivity contribution in [3.05, 3.63) is 34.3 Å². The Balaban J connectivity index is 1.88. The lowest BCUT2D eigenvalue weighted by Gasteiger charge is -2.44. The predicted molar refractivity (Wildman–Crippen MR) is 83.4 cm³/mol. The van der Waals surface area contributed by atoms with Crippen molar-refractivity contribution in [2.24, 2.45) is 5.92 Å². The van der Waals surface area contributed by atoms with E-state index >= 15 is 0 Å². The smallest absolute Gasteiger partial charge is 0.246 e. The number of carbonyl (C=O) groups excluding carboxylic acids is 2. The highest BCUT2D eigenvalue weighted by Crippen LogP contribution is 2.37. The van der Waals surface area contributed by atoms with Crippen molar-refractivity contribution >= 4 is 27.7 Å². The maximum atomic E-state index is 12.8. The Bertz CT molecular complexity index is 596. The van der Waals surface area contributed by atoms with Crippen LogP contribution in [0.5, 0.6) is 0 Å². The predicted octanol–water partition coefficient (Wildman–Crippen LogP) is 2.46. The summed E-state index contributed by atoms with van der Waals surface area (Å²) in [6, 6.07) is 7.53. The Hall–Kier alpha value is -1.36. The number of nitrogens with zero attached hydrogens (tertiary/aromatic N) is 1. The van der Waals surface area contributed by atoms with E-state index in [0.29, 0.717) is 12.5 Å². The summed E-state index contributed by atoms with van der Waals surface area (Å²) < 4.78 is 0.977. The zero-order chi connectivity index (χ0) is 15.2. The zero-order valence-electron chi connectivity index (χ0n) is 12.2. The molecule has 5 heteroatoms. The van der Waals surface area contributed by atoms with Gasteiger partial charge in [-0.3, -0.25) is 9.59 Å². The van der Waals surface area contributed by atoms with E-state index in [1.54, 1.807) is 18.7 Å². The number of hydrogen-bond donors (Lipinski definition) is 1. The number of rotatable bonds is 3. The standard InChI is InChI=1S/C16H19BrN2O2/c1-16(2)15(21)18-13(11-6-7-11)14(20)19(16)9-10-4-3-5-12(17)8-10/h3-5,8,11,13H,6-7,9H2,1-2H3,(H,18,21). The molecule has 1 heterocycles. The molecule has 112 valence electrons. The van der Waals surface area contributed by atoms with E-state index in [1.807, 2.05) is 24.3 Å². The maximum absolute atomic E-state index is 12.8. The summed E-state index contributed by atoms with van der Waals surface area (Å²) in [6.45, 7) is 4.07. The molecule has 2 fully saturated rings. The Morgan fingerprint density at radius 3 is 2.67 bits per heavy atom. The Morgan fingerprint density at radius 2 is 2.05 bits per heavy atom. The first-order valence-corrected chi connectivity index (χ1v) is 8.06. The second-order valence-corrected chi connectivity index (χ2v) is 7.32. The Labute approximate surface area is 133 Å². The summed E-state index contributed by atoms with van der Waals surface area (Å²) in [5, 5.41) is 2.91. The molecule has 1 aliphatic heterocycles. The van der Waals surface area contributed by atoms with Gasteiger partial charge >= 0.3 is 0 Å². The van der Waals surface area contributed by atoms with Gasteiger partial charge in [-0.1, -0.05) is 28.1 Å². The largest absolute Gasteiger partial charge is 0.342 e. The average molecular weight is 351 g/mol. The van der Waals surface area contributed by atoms with E-state index in [9.17, 15) is 9.59 Å². The monoisotopic (exact) mass is 350 g/mol. The van der Waals surface area contributed by atoms with Crippen LogP contribution in [0.2, 0.25) is 0 Å². The van der Waals surface area contributed by atoms with Crippen molar-refractivity contribution in [2.75, 3.05) is 0 Å². The highest BCUT2D eigenvalue weighted by molar-refractivity contribution is 9.10. The van der Waals surface area contributed by atoms with Crippen LogP contribution in [0.4, 0.5) is 0 Å². The summed E-state index contributed by atoms with van der Waals surface area (Å²) in [5.74, 6) is 0.304. The number of nitrogens with one attached hydrogen (secondary N) is 1. The van der Waals surface area contributed by atoms with Crippen LogP contribution in [0, 0.1) is 5.92 Å². The van der Waals surface area contributed by atoms with Crippen LogP contribution in [0.1, 0.15) is 32.3 Å². The van der Waals surface area contributed by atoms with Gasteiger partial charge in [0.25, 0.3) is 0 Å². The van der Waals surface area contributed by atoms with Gasteiger partial charge in [0.1, 0.15) is 11.6 Å². The molecule has 0 radical (unpaired) electrons. The number of carbonyl (C=O) groups is 2. The van der Waals surface area contributed by atoms with E-state index in [-0.39, 0.29) is 17.9 Å². The number of piperazine rings is 1. The molecule has 1 saturated heterocycles. The molecule has 2 amide bonds. The third-order valence-electron chi connectivity index (χ3n) is 4.37. The Kier molecular flexibility index (Phi) is 3.56. The lowest BCUT2D eigenvalue weighted by molar-refractivity contribution is -0.156. The number of halogens is 1. The molecule has 2 aliphatic rings. The second kappa shape index (κ2) is 5.13. The highest BCUT2D eigenvalue weighted by Gasteiger charge is 2.50. The first-order valence-electron chi connectivity index (χ1n) is 7.26. The van der Waals surface area contributed by atoms with Crippen LogP contribution < -0.4 is 5.32 Å². The summed E-state index contributed by atoms with van der Waals surface area (Å²) in [5.41, 5.74) is 0.209. The number of amides is 2. The van der Waals surface area contributed by atoms with Crippen molar-refractivity contribution in [3.8, 4) is 0 Å². The SMILES string of the molecule is CC1(C)C(=O)NC(C2CC2)C(=O)N1Cc1cccc(Br)c1. The second-order valence-electron chi connectivity index (χ2n) is 6.40. The summed E-state index contributed by atoms with van der Waals surface area (Å²) in [4.78, 5) is 26.8. The highest BCUT2D eigenvalue weighted by atomic mass is 79.9. The van der Waals surface area contributed by atoms with Gasteiger partial charge in [0, 0.05) is 11.0 Å². The molecule has 1 aromatic carbocycles. The molecule has 0 spiro atoms. The molecule has 21 heavy (non-hydrogen) atoms. The Morgan fingerprint density at radius 1 is 1.33 bits per heavy atom. The van der Waals surface area contributed by atoms with Gasteiger partial charge < -0.3 is 10.2 Å². The molecule has 1 atom stereocenters. The van der Waals surface area contributed by atoms with Crippen LogP contribution >= 0.6 is 15.9 Å². The van der Waals surface area contributed by atoms with E-state index in [2.05, 4.69) is 21.2 Å². The fraction of sp³-hybridized carbons (Fsp3) is 0.500. The van der Waals surface area contributed by atoms with E-state index in [1.165, 1.54) is 0 Å². The van der Waals surface area contributed by atoms with Crippen molar-refractivity contribution in [1.82, 2.24) is 10.2 Å². The van der Waals surface area contributed by atoms with E-state index in [4.69, 9.17) is 0 Å². The first kappa shape index (κ1) is 14.6. The molecule has 1 aliphatic carbocycles. The van der Waals surface area contributed by atoms with Gasteiger partial charge in [0.15, 0.2) is 0 Å².